The molecule has 0 bridgehead atoms. The molecule has 1 amide bonds. The van der Waals surface area contributed by atoms with Crippen LogP contribution in [0.1, 0.15) is 36.0 Å². The summed E-state index contributed by atoms with van der Waals surface area (Å²) in [4.78, 5) is 12.8. The minimum absolute atomic E-state index is 0.0713. The van der Waals surface area contributed by atoms with Gasteiger partial charge in [0.05, 0.1) is 5.56 Å². The van der Waals surface area contributed by atoms with Gasteiger partial charge in [-0.25, -0.2) is 0 Å². The van der Waals surface area contributed by atoms with Gasteiger partial charge in [0.15, 0.2) is 0 Å². The van der Waals surface area contributed by atoms with Gasteiger partial charge in [0.25, 0.3) is 5.91 Å². The first-order valence-corrected chi connectivity index (χ1v) is 6.47. The van der Waals surface area contributed by atoms with Gasteiger partial charge >= 0.3 is 0 Å². The van der Waals surface area contributed by atoms with Crippen LogP contribution in [0.15, 0.2) is 29.2 Å². The normalized spacial score (nSPS) is 24.4. The van der Waals surface area contributed by atoms with Crippen LogP contribution in [0.3, 0.4) is 0 Å². The first-order chi connectivity index (χ1) is 8.18. The van der Waals surface area contributed by atoms with Gasteiger partial charge < -0.3 is 11.1 Å². The number of rotatable bonds is 2. The van der Waals surface area contributed by atoms with Crippen molar-refractivity contribution in [2.24, 2.45) is 5.73 Å². The number of thiol groups is 1. The van der Waals surface area contributed by atoms with Gasteiger partial charge in [-0.15, -0.1) is 12.6 Å². The number of carbonyl (C=O) groups is 1. The Morgan fingerprint density at radius 2 is 2.00 bits per heavy atom. The van der Waals surface area contributed by atoms with E-state index in [0.717, 1.165) is 25.7 Å². The summed E-state index contributed by atoms with van der Waals surface area (Å²) in [6.07, 6.45) is 4.27. The molecule has 0 spiro atoms. The number of nitrogens with one attached hydrogen (secondary N) is 1. The largest absolute Gasteiger partial charge is 0.348 e. The molecule has 92 valence electrons. The highest BCUT2D eigenvalue weighted by Crippen LogP contribution is 2.18. The summed E-state index contributed by atoms with van der Waals surface area (Å²) < 4.78 is 0. The third kappa shape index (κ3) is 3.01. The summed E-state index contributed by atoms with van der Waals surface area (Å²) in [7, 11) is 0. The summed E-state index contributed by atoms with van der Waals surface area (Å²) in [5, 5.41) is 3.01. The Morgan fingerprint density at radius 3 is 2.71 bits per heavy atom. The molecule has 17 heavy (non-hydrogen) atoms. The molecule has 0 heterocycles. The van der Waals surface area contributed by atoms with Crippen molar-refractivity contribution in [2.75, 3.05) is 0 Å². The van der Waals surface area contributed by atoms with E-state index >= 15 is 0 Å². The van der Waals surface area contributed by atoms with Crippen LogP contribution in [0.25, 0.3) is 0 Å². The highest BCUT2D eigenvalue weighted by atomic mass is 32.1. The van der Waals surface area contributed by atoms with E-state index in [1.807, 2.05) is 18.2 Å². The summed E-state index contributed by atoms with van der Waals surface area (Å²) >= 11 is 4.29. The van der Waals surface area contributed by atoms with Gasteiger partial charge in [0, 0.05) is 17.0 Å². The van der Waals surface area contributed by atoms with Gasteiger partial charge in [0.2, 0.25) is 0 Å². The second kappa shape index (κ2) is 5.56. The van der Waals surface area contributed by atoms with Crippen molar-refractivity contribution < 1.29 is 4.79 Å². The smallest absolute Gasteiger partial charge is 0.252 e. The van der Waals surface area contributed by atoms with Crippen LogP contribution >= 0.6 is 12.6 Å². The highest BCUT2D eigenvalue weighted by Gasteiger charge is 2.24. The van der Waals surface area contributed by atoms with Crippen LogP contribution in [0.2, 0.25) is 0 Å². The zero-order valence-corrected chi connectivity index (χ0v) is 10.6. The number of benzene rings is 1. The molecule has 1 aliphatic rings. The maximum atomic E-state index is 12.1. The van der Waals surface area contributed by atoms with Crippen molar-refractivity contribution in [3.05, 3.63) is 29.8 Å². The molecule has 0 radical (unpaired) electrons. The molecule has 1 aromatic carbocycles. The third-order valence-corrected chi connectivity index (χ3v) is 3.67. The molecule has 2 rings (SSSR count). The molecular weight excluding hydrogens is 232 g/mol. The van der Waals surface area contributed by atoms with Gasteiger partial charge in [-0.05, 0) is 25.0 Å². The van der Waals surface area contributed by atoms with E-state index in [9.17, 15) is 4.79 Å². The van der Waals surface area contributed by atoms with Crippen molar-refractivity contribution in [3.8, 4) is 0 Å². The summed E-state index contributed by atoms with van der Waals surface area (Å²) in [6, 6.07) is 7.50. The lowest BCUT2D eigenvalue weighted by Gasteiger charge is -2.29. The Balaban J connectivity index is 2.04. The van der Waals surface area contributed by atoms with E-state index in [4.69, 9.17) is 5.73 Å². The first kappa shape index (κ1) is 12.5. The number of nitrogens with two attached hydrogens (primary N) is 1. The number of carbonyl (C=O) groups excluding carboxylic acids is 1. The Morgan fingerprint density at radius 1 is 1.29 bits per heavy atom. The van der Waals surface area contributed by atoms with E-state index in [2.05, 4.69) is 17.9 Å². The molecule has 0 aliphatic heterocycles. The molecule has 1 saturated carbocycles. The molecule has 1 fully saturated rings. The molecule has 4 heteroatoms. The van der Waals surface area contributed by atoms with Crippen LogP contribution in [0.5, 0.6) is 0 Å². The van der Waals surface area contributed by atoms with Crippen molar-refractivity contribution in [1.82, 2.24) is 5.32 Å². The Kier molecular flexibility index (Phi) is 4.07. The fourth-order valence-corrected chi connectivity index (χ4v) is 2.51. The summed E-state index contributed by atoms with van der Waals surface area (Å²) in [5.74, 6) is -0.0713. The predicted molar refractivity (Wildman–Crippen MR) is 71.4 cm³/mol. The van der Waals surface area contributed by atoms with Gasteiger partial charge in [0.1, 0.15) is 0 Å². The predicted octanol–water partition coefficient (Wildman–Crippen LogP) is 1.98. The lowest BCUT2D eigenvalue weighted by Crippen LogP contribution is -2.49. The van der Waals surface area contributed by atoms with E-state index in [0.29, 0.717) is 10.5 Å². The Hall–Kier alpha value is -1.00. The number of hydrogen-bond acceptors (Lipinski definition) is 3. The fourth-order valence-electron chi connectivity index (χ4n) is 2.25. The zero-order valence-electron chi connectivity index (χ0n) is 9.73. The number of amides is 1. The maximum absolute atomic E-state index is 12.1. The molecular formula is C13H18N2OS. The van der Waals surface area contributed by atoms with Crippen LogP contribution < -0.4 is 11.1 Å². The van der Waals surface area contributed by atoms with E-state index in [1.54, 1.807) is 6.07 Å². The highest BCUT2D eigenvalue weighted by molar-refractivity contribution is 7.80. The van der Waals surface area contributed by atoms with Crippen LogP contribution in [-0.2, 0) is 0 Å². The van der Waals surface area contributed by atoms with Crippen molar-refractivity contribution in [3.63, 3.8) is 0 Å². The molecule has 2 unspecified atom stereocenters. The minimum atomic E-state index is -0.0713. The third-order valence-electron chi connectivity index (χ3n) is 3.28. The van der Waals surface area contributed by atoms with Crippen LogP contribution in [0.4, 0.5) is 0 Å². The van der Waals surface area contributed by atoms with Gasteiger partial charge in [-0.2, -0.15) is 0 Å². The quantitative estimate of drug-likeness (QED) is 0.703. The van der Waals surface area contributed by atoms with E-state index < -0.39 is 0 Å². The molecule has 3 nitrogen and oxygen atoms in total. The molecule has 0 saturated heterocycles. The zero-order chi connectivity index (χ0) is 12.3. The Bertz CT molecular complexity index is 408. The average Bonchev–Trinajstić information content (AvgIpc) is 2.32. The minimum Gasteiger partial charge on any atom is -0.348 e. The lowest BCUT2D eigenvalue weighted by atomic mass is 9.91. The van der Waals surface area contributed by atoms with Gasteiger partial charge in [-0.3, -0.25) is 4.79 Å². The number of hydrogen-bond donors (Lipinski definition) is 3. The molecule has 0 aromatic heterocycles. The van der Waals surface area contributed by atoms with E-state index in [1.165, 1.54) is 0 Å². The van der Waals surface area contributed by atoms with Gasteiger partial charge in [-0.1, -0.05) is 25.0 Å². The molecule has 1 aromatic rings. The monoisotopic (exact) mass is 250 g/mol. The molecule has 1 aliphatic carbocycles. The molecule has 2 atom stereocenters. The standard InChI is InChI=1S/C13H18N2OS/c14-10-6-2-3-7-11(10)15-13(16)9-5-1-4-8-12(9)17/h1,4-5,8,10-11,17H,2-3,6-7,14H2,(H,15,16). The van der Waals surface area contributed by atoms with Crippen molar-refractivity contribution in [1.29, 1.82) is 0 Å². The lowest BCUT2D eigenvalue weighted by molar-refractivity contribution is 0.0918. The first-order valence-electron chi connectivity index (χ1n) is 6.03. The van der Waals surface area contributed by atoms with E-state index in [-0.39, 0.29) is 18.0 Å². The van der Waals surface area contributed by atoms with Crippen LogP contribution in [-0.4, -0.2) is 18.0 Å². The average molecular weight is 250 g/mol. The van der Waals surface area contributed by atoms with Crippen molar-refractivity contribution >= 4 is 18.5 Å². The van der Waals surface area contributed by atoms with Crippen molar-refractivity contribution in [2.45, 2.75) is 42.7 Å². The second-order valence-corrected chi connectivity index (χ2v) is 5.03. The maximum Gasteiger partial charge on any atom is 0.252 e. The topological polar surface area (TPSA) is 55.1 Å². The summed E-state index contributed by atoms with van der Waals surface area (Å²) in [5.41, 5.74) is 6.63. The second-order valence-electron chi connectivity index (χ2n) is 4.55. The SMILES string of the molecule is NC1CCCCC1NC(=O)c1ccccc1S. The molecule has 3 N–H and O–H groups in total. The Labute approximate surface area is 107 Å². The van der Waals surface area contributed by atoms with Crippen LogP contribution in [0, 0.1) is 0 Å². The summed E-state index contributed by atoms with van der Waals surface area (Å²) in [6.45, 7) is 0. The fraction of sp³-hybridized carbons (Fsp3) is 0.462.